The molecular formula is C16H18ClN3O3S. The maximum Gasteiger partial charge on any atom is 0.351 e. The molecule has 24 heavy (non-hydrogen) atoms. The van der Waals surface area contributed by atoms with Crippen molar-refractivity contribution in [2.45, 2.75) is 13.8 Å². The molecule has 1 amide bonds. The summed E-state index contributed by atoms with van der Waals surface area (Å²) in [7, 11) is 1.29. The average molecular weight is 368 g/mol. The number of nitrogens with one attached hydrogen (secondary N) is 1. The Bertz CT molecular complexity index is 727. The number of carbonyl (C=O) groups excluding carboxylic acids is 2. The van der Waals surface area contributed by atoms with E-state index >= 15 is 0 Å². The van der Waals surface area contributed by atoms with Crippen LogP contribution < -0.4 is 5.32 Å². The van der Waals surface area contributed by atoms with Gasteiger partial charge in [-0.1, -0.05) is 22.9 Å². The Kier molecular flexibility index (Phi) is 6.16. The number of aromatic nitrogens is 1. The quantitative estimate of drug-likeness (QED) is 0.786. The van der Waals surface area contributed by atoms with Crippen LogP contribution in [0.4, 0.5) is 10.8 Å². The van der Waals surface area contributed by atoms with E-state index in [0.29, 0.717) is 23.8 Å². The smallest absolute Gasteiger partial charge is 0.351 e. The summed E-state index contributed by atoms with van der Waals surface area (Å²) in [4.78, 5) is 29.9. The molecule has 0 bridgehead atoms. The third kappa shape index (κ3) is 4.04. The minimum atomic E-state index is -0.522. The van der Waals surface area contributed by atoms with Crippen molar-refractivity contribution in [1.29, 1.82) is 0 Å². The minimum absolute atomic E-state index is 0.00294. The van der Waals surface area contributed by atoms with Crippen molar-refractivity contribution < 1.29 is 14.3 Å². The van der Waals surface area contributed by atoms with Gasteiger partial charge in [-0.25, -0.2) is 9.78 Å². The summed E-state index contributed by atoms with van der Waals surface area (Å²) < 4.78 is 4.64. The van der Waals surface area contributed by atoms with Crippen molar-refractivity contribution in [3.05, 3.63) is 39.9 Å². The predicted molar refractivity (Wildman–Crippen MR) is 95.4 cm³/mol. The van der Waals surface area contributed by atoms with Crippen LogP contribution in [0.3, 0.4) is 0 Å². The van der Waals surface area contributed by atoms with Gasteiger partial charge in [0, 0.05) is 24.3 Å². The number of methoxy groups -OCH3 is 1. The van der Waals surface area contributed by atoms with Gasteiger partial charge in [0.25, 0.3) is 5.91 Å². The van der Waals surface area contributed by atoms with Gasteiger partial charge in [-0.15, -0.1) is 0 Å². The first-order chi connectivity index (χ1) is 11.5. The third-order valence-electron chi connectivity index (χ3n) is 3.39. The van der Waals surface area contributed by atoms with E-state index in [4.69, 9.17) is 11.6 Å². The monoisotopic (exact) mass is 367 g/mol. The fourth-order valence-electron chi connectivity index (χ4n) is 2.09. The summed E-state index contributed by atoms with van der Waals surface area (Å²) in [5.74, 6) is -0.525. The van der Waals surface area contributed by atoms with Gasteiger partial charge < -0.3 is 15.0 Å². The van der Waals surface area contributed by atoms with Gasteiger partial charge in [0.05, 0.1) is 7.11 Å². The molecule has 0 fully saturated rings. The van der Waals surface area contributed by atoms with Crippen LogP contribution in [0.2, 0.25) is 5.15 Å². The van der Waals surface area contributed by atoms with Crippen LogP contribution in [0.25, 0.3) is 0 Å². The molecule has 0 saturated carbocycles. The molecule has 1 N–H and O–H groups in total. The Morgan fingerprint density at radius 3 is 2.42 bits per heavy atom. The molecule has 0 spiro atoms. The lowest BCUT2D eigenvalue weighted by Gasteiger charge is -2.18. The van der Waals surface area contributed by atoms with Gasteiger partial charge in [0.1, 0.15) is 0 Å². The normalized spacial score (nSPS) is 10.3. The van der Waals surface area contributed by atoms with Crippen LogP contribution in [0.5, 0.6) is 0 Å². The van der Waals surface area contributed by atoms with Gasteiger partial charge in [0.15, 0.2) is 15.2 Å². The molecule has 8 heteroatoms. The second-order valence-electron chi connectivity index (χ2n) is 4.81. The zero-order chi connectivity index (χ0) is 17.7. The Balaban J connectivity index is 2.12. The lowest BCUT2D eigenvalue weighted by atomic mass is 10.2. The first-order valence-electron chi connectivity index (χ1n) is 7.41. The van der Waals surface area contributed by atoms with Crippen LogP contribution in [0, 0.1) is 0 Å². The molecule has 0 unspecified atom stereocenters. The van der Waals surface area contributed by atoms with Crippen molar-refractivity contribution in [1.82, 2.24) is 9.88 Å². The first-order valence-corrected chi connectivity index (χ1v) is 8.60. The number of rotatable bonds is 6. The highest BCUT2D eigenvalue weighted by Crippen LogP contribution is 2.29. The standard InChI is InChI=1S/C16H18ClN3O3S/c1-4-20(5-2)14(21)10-6-8-11(9-7-10)18-16-19-13(17)12(24-16)15(22)23-3/h6-9H,4-5H2,1-3H3,(H,18,19). The maximum absolute atomic E-state index is 12.3. The molecular weight excluding hydrogens is 350 g/mol. The van der Waals surface area contributed by atoms with Crippen molar-refractivity contribution in [2.24, 2.45) is 0 Å². The Morgan fingerprint density at radius 2 is 1.88 bits per heavy atom. The number of benzene rings is 1. The number of nitrogens with zero attached hydrogens (tertiary/aromatic N) is 2. The number of hydrogen-bond acceptors (Lipinski definition) is 6. The predicted octanol–water partition coefficient (Wildman–Crippen LogP) is 3.81. The number of esters is 1. The molecule has 0 aliphatic heterocycles. The third-order valence-corrected chi connectivity index (χ3v) is 4.73. The summed E-state index contributed by atoms with van der Waals surface area (Å²) in [5.41, 5.74) is 1.37. The van der Waals surface area contributed by atoms with Crippen LogP contribution in [-0.4, -0.2) is 42.0 Å². The molecule has 0 radical (unpaired) electrons. The number of carbonyl (C=O) groups is 2. The summed E-state index contributed by atoms with van der Waals surface area (Å²) >= 11 is 7.03. The first kappa shape index (κ1) is 18.2. The van der Waals surface area contributed by atoms with E-state index in [-0.39, 0.29) is 15.9 Å². The van der Waals surface area contributed by atoms with Crippen molar-refractivity contribution in [3.63, 3.8) is 0 Å². The second kappa shape index (κ2) is 8.12. The number of ether oxygens (including phenoxy) is 1. The van der Waals surface area contributed by atoms with Crippen LogP contribution >= 0.6 is 22.9 Å². The number of anilines is 2. The van der Waals surface area contributed by atoms with E-state index in [1.807, 2.05) is 13.8 Å². The SMILES string of the molecule is CCN(CC)C(=O)c1ccc(Nc2nc(Cl)c(C(=O)OC)s2)cc1. The van der Waals surface area contributed by atoms with E-state index in [0.717, 1.165) is 17.0 Å². The Morgan fingerprint density at radius 1 is 1.25 bits per heavy atom. The fourth-order valence-corrected chi connectivity index (χ4v) is 3.21. The molecule has 128 valence electrons. The number of hydrogen-bond donors (Lipinski definition) is 1. The molecule has 0 saturated heterocycles. The van der Waals surface area contributed by atoms with Crippen LogP contribution in [0.15, 0.2) is 24.3 Å². The second-order valence-corrected chi connectivity index (χ2v) is 6.17. The Hall–Kier alpha value is -2.12. The van der Waals surface area contributed by atoms with Gasteiger partial charge in [-0.2, -0.15) is 0 Å². The molecule has 1 aromatic heterocycles. The zero-order valence-corrected chi connectivity index (χ0v) is 15.2. The summed E-state index contributed by atoms with van der Waals surface area (Å²) in [6, 6.07) is 7.06. The lowest BCUT2D eigenvalue weighted by Crippen LogP contribution is -2.30. The molecule has 1 heterocycles. The van der Waals surface area contributed by atoms with Gasteiger partial charge >= 0.3 is 5.97 Å². The van der Waals surface area contributed by atoms with E-state index in [1.165, 1.54) is 7.11 Å². The summed E-state index contributed by atoms with van der Waals surface area (Å²) in [6.45, 7) is 5.23. The van der Waals surface area contributed by atoms with Gasteiger partial charge in [0.2, 0.25) is 0 Å². The number of amides is 1. The molecule has 2 aromatic rings. The summed E-state index contributed by atoms with van der Waals surface area (Å²) in [6.07, 6.45) is 0. The van der Waals surface area contributed by atoms with E-state index < -0.39 is 5.97 Å². The topological polar surface area (TPSA) is 71.5 Å². The highest BCUT2D eigenvalue weighted by atomic mass is 35.5. The van der Waals surface area contributed by atoms with Gasteiger partial charge in [-0.05, 0) is 38.1 Å². The van der Waals surface area contributed by atoms with E-state index in [9.17, 15) is 9.59 Å². The zero-order valence-electron chi connectivity index (χ0n) is 13.6. The number of thiazole rings is 1. The molecule has 2 rings (SSSR count). The van der Waals surface area contributed by atoms with Crippen molar-refractivity contribution in [3.8, 4) is 0 Å². The number of halogens is 1. The fraction of sp³-hybridized carbons (Fsp3) is 0.312. The summed E-state index contributed by atoms with van der Waals surface area (Å²) in [5, 5.41) is 3.63. The maximum atomic E-state index is 12.3. The molecule has 0 aliphatic carbocycles. The van der Waals surface area contributed by atoms with Crippen LogP contribution in [0.1, 0.15) is 33.9 Å². The van der Waals surface area contributed by atoms with Gasteiger partial charge in [-0.3, -0.25) is 4.79 Å². The molecule has 0 atom stereocenters. The van der Waals surface area contributed by atoms with Crippen molar-refractivity contribution in [2.75, 3.05) is 25.5 Å². The van der Waals surface area contributed by atoms with Crippen molar-refractivity contribution >= 4 is 45.6 Å². The largest absolute Gasteiger partial charge is 0.465 e. The Labute approximate surface area is 149 Å². The van der Waals surface area contributed by atoms with E-state index in [2.05, 4.69) is 15.0 Å². The van der Waals surface area contributed by atoms with Crippen LogP contribution in [-0.2, 0) is 4.74 Å². The highest BCUT2D eigenvalue weighted by molar-refractivity contribution is 7.18. The molecule has 1 aromatic carbocycles. The molecule has 6 nitrogen and oxygen atoms in total. The highest BCUT2D eigenvalue weighted by Gasteiger charge is 2.17. The minimum Gasteiger partial charge on any atom is -0.465 e. The molecule has 0 aliphatic rings. The van der Waals surface area contributed by atoms with E-state index in [1.54, 1.807) is 29.2 Å². The average Bonchev–Trinajstić information content (AvgIpc) is 2.96. The lowest BCUT2D eigenvalue weighted by molar-refractivity contribution is 0.0606.